The van der Waals surface area contributed by atoms with E-state index in [-0.39, 0.29) is 6.42 Å². The highest BCUT2D eigenvalue weighted by Crippen LogP contribution is 2.42. The van der Waals surface area contributed by atoms with Crippen molar-refractivity contribution in [1.82, 2.24) is 0 Å². The van der Waals surface area contributed by atoms with Crippen LogP contribution in [0.5, 0.6) is 5.75 Å². The predicted octanol–water partition coefficient (Wildman–Crippen LogP) is 4.21. The molecule has 0 saturated carbocycles. The molecule has 0 bridgehead atoms. The van der Waals surface area contributed by atoms with Crippen molar-refractivity contribution in [2.45, 2.75) is 12.1 Å². The lowest BCUT2D eigenvalue weighted by Gasteiger charge is -2.19. The fraction of sp³-hybridized carbons (Fsp3) is 0.150. The molecule has 3 aromatic carbocycles. The van der Waals surface area contributed by atoms with E-state index in [4.69, 9.17) is 4.74 Å². The number of anilines is 1. The number of hydrogen-bond acceptors (Lipinski definition) is 2. The fourth-order valence-corrected chi connectivity index (χ4v) is 3.34. The molecular weight excluding hydrogens is 305 g/mol. The highest BCUT2D eigenvalue weighted by molar-refractivity contribution is 6.05. The second kappa shape index (κ2) is 5.34. The van der Waals surface area contributed by atoms with Gasteiger partial charge in [0.25, 0.3) is 5.91 Å². The number of alkyl halides is 1. The number of methoxy groups -OCH3 is 1. The van der Waals surface area contributed by atoms with E-state index in [0.29, 0.717) is 17.0 Å². The minimum absolute atomic E-state index is 0.0307. The van der Waals surface area contributed by atoms with Crippen molar-refractivity contribution in [2.75, 3.05) is 12.4 Å². The SMILES string of the molecule is COc1cc(CC2(F)C(=O)Nc3ccccc32)cc2ccccc12. The number of fused-ring (bicyclic) bond motifs is 2. The Morgan fingerprint density at radius 1 is 1.08 bits per heavy atom. The molecule has 0 aromatic heterocycles. The number of halogens is 1. The second-order valence-electron chi connectivity index (χ2n) is 6.00. The molecule has 4 rings (SSSR count). The summed E-state index contributed by atoms with van der Waals surface area (Å²) in [5.41, 5.74) is -0.413. The summed E-state index contributed by atoms with van der Waals surface area (Å²) in [7, 11) is 1.59. The third kappa shape index (κ3) is 2.14. The summed E-state index contributed by atoms with van der Waals surface area (Å²) in [6, 6.07) is 18.4. The topological polar surface area (TPSA) is 38.3 Å². The zero-order valence-corrected chi connectivity index (χ0v) is 13.2. The Morgan fingerprint density at radius 3 is 2.67 bits per heavy atom. The van der Waals surface area contributed by atoms with E-state index < -0.39 is 11.6 Å². The second-order valence-corrected chi connectivity index (χ2v) is 6.00. The first kappa shape index (κ1) is 14.7. The monoisotopic (exact) mass is 321 g/mol. The molecule has 1 N–H and O–H groups in total. The maximum absolute atomic E-state index is 15.6. The van der Waals surface area contributed by atoms with Gasteiger partial charge in [-0.1, -0.05) is 48.5 Å². The quantitative estimate of drug-likeness (QED) is 0.785. The Bertz CT molecular complexity index is 953. The van der Waals surface area contributed by atoms with Gasteiger partial charge in [0.2, 0.25) is 5.67 Å². The molecule has 1 amide bonds. The first-order chi connectivity index (χ1) is 11.6. The van der Waals surface area contributed by atoms with Crippen LogP contribution < -0.4 is 10.1 Å². The van der Waals surface area contributed by atoms with E-state index in [1.54, 1.807) is 37.4 Å². The van der Waals surface area contributed by atoms with Gasteiger partial charge in [0.1, 0.15) is 5.75 Å². The third-order valence-electron chi connectivity index (χ3n) is 4.51. The molecule has 0 spiro atoms. The summed E-state index contributed by atoms with van der Waals surface area (Å²) in [6.45, 7) is 0. The molecule has 1 unspecified atom stereocenters. The van der Waals surface area contributed by atoms with Crippen LogP contribution in [0, 0.1) is 0 Å². The number of carbonyl (C=O) groups excluding carboxylic acids is 1. The van der Waals surface area contributed by atoms with Gasteiger partial charge in [-0.25, -0.2) is 4.39 Å². The Kier molecular flexibility index (Phi) is 3.27. The van der Waals surface area contributed by atoms with Gasteiger partial charge < -0.3 is 10.1 Å². The Hall–Kier alpha value is -2.88. The zero-order chi connectivity index (χ0) is 16.7. The van der Waals surface area contributed by atoms with Crippen LogP contribution >= 0.6 is 0 Å². The average molecular weight is 321 g/mol. The summed E-state index contributed by atoms with van der Waals surface area (Å²) < 4.78 is 21.0. The summed E-state index contributed by atoms with van der Waals surface area (Å²) >= 11 is 0. The number of para-hydroxylation sites is 1. The van der Waals surface area contributed by atoms with Crippen molar-refractivity contribution in [3.05, 3.63) is 71.8 Å². The minimum atomic E-state index is -2.07. The number of ether oxygens (including phenoxy) is 1. The van der Waals surface area contributed by atoms with Gasteiger partial charge >= 0.3 is 0 Å². The van der Waals surface area contributed by atoms with Crippen LogP contribution in [0.15, 0.2) is 60.7 Å². The number of amides is 1. The molecule has 0 fully saturated rings. The molecule has 1 atom stereocenters. The summed E-state index contributed by atoms with van der Waals surface area (Å²) in [5, 5.41) is 4.55. The Morgan fingerprint density at radius 2 is 1.83 bits per heavy atom. The van der Waals surface area contributed by atoms with Crippen LogP contribution in [0.1, 0.15) is 11.1 Å². The van der Waals surface area contributed by atoms with Gasteiger partial charge in [-0.3, -0.25) is 4.79 Å². The van der Waals surface area contributed by atoms with Gasteiger partial charge in [-0.05, 0) is 23.1 Å². The lowest BCUT2D eigenvalue weighted by Crippen LogP contribution is -2.31. The molecule has 0 aliphatic carbocycles. The molecule has 0 radical (unpaired) electrons. The van der Waals surface area contributed by atoms with Crippen molar-refractivity contribution < 1.29 is 13.9 Å². The largest absolute Gasteiger partial charge is 0.496 e. The van der Waals surface area contributed by atoms with Crippen LogP contribution in [0.25, 0.3) is 10.8 Å². The number of hydrogen-bond donors (Lipinski definition) is 1. The Balaban J connectivity index is 1.81. The van der Waals surface area contributed by atoms with Crippen molar-refractivity contribution in [2.24, 2.45) is 0 Å². The fourth-order valence-electron chi connectivity index (χ4n) is 3.34. The number of nitrogens with one attached hydrogen (secondary N) is 1. The molecular formula is C20H16FNO2. The van der Waals surface area contributed by atoms with Gasteiger partial charge in [-0.15, -0.1) is 0 Å². The number of carbonyl (C=O) groups is 1. The van der Waals surface area contributed by atoms with E-state index in [1.165, 1.54) is 0 Å². The molecule has 120 valence electrons. The smallest absolute Gasteiger partial charge is 0.267 e. The maximum atomic E-state index is 15.6. The molecule has 1 aliphatic heterocycles. The predicted molar refractivity (Wildman–Crippen MR) is 92.1 cm³/mol. The molecule has 3 nitrogen and oxygen atoms in total. The molecule has 1 heterocycles. The third-order valence-corrected chi connectivity index (χ3v) is 4.51. The van der Waals surface area contributed by atoms with Gasteiger partial charge in [0, 0.05) is 23.1 Å². The molecule has 1 aliphatic rings. The summed E-state index contributed by atoms with van der Waals surface area (Å²) in [4.78, 5) is 12.3. The van der Waals surface area contributed by atoms with Crippen molar-refractivity contribution >= 4 is 22.4 Å². The zero-order valence-electron chi connectivity index (χ0n) is 13.2. The van der Waals surface area contributed by atoms with Crippen molar-refractivity contribution in [3.8, 4) is 5.75 Å². The molecule has 24 heavy (non-hydrogen) atoms. The lowest BCUT2D eigenvalue weighted by molar-refractivity contribution is -0.126. The Labute approximate surface area is 139 Å². The van der Waals surface area contributed by atoms with Crippen LogP contribution in [-0.2, 0) is 16.9 Å². The van der Waals surface area contributed by atoms with Crippen molar-refractivity contribution in [1.29, 1.82) is 0 Å². The highest BCUT2D eigenvalue weighted by Gasteiger charge is 2.47. The minimum Gasteiger partial charge on any atom is -0.496 e. The van der Waals surface area contributed by atoms with E-state index in [1.807, 2.05) is 30.3 Å². The van der Waals surface area contributed by atoms with Crippen LogP contribution in [-0.4, -0.2) is 13.0 Å². The number of rotatable bonds is 3. The molecule has 3 aromatic rings. The molecule has 0 saturated heterocycles. The summed E-state index contributed by atoms with van der Waals surface area (Å²) in [5.74, 6) is 0.0641. The van der Waals surface area contributed by atoms with E-state index >= 15 is 4.39 Å². The number of benzene rings is 3. The van der Waals surface area contributed by atoms with Crippen LogP contribution in [0.3, 0.4) is 0 Å². The normalized spacial score (nSPS) is 19.2. The van der Waals surface area contributed by atoms with Crippen LogP contribution in [0.4, 0.5) is 10.1 Å². The molecule has 4 heteroatoms. The first-order valence-electron chi connectivity index (χ1n) is 7.77. The standard InChI is InChI=1S/C20H16FNO2/c1-24-18-11-13(10-14-6-2-3-7-15(14)18)12-20(21)16-8-4-5-9-17(16)22-19(20)23/h2-11H,12H2,1H3,(H,22,23). The van der Waals surface area contributed by atoms with Crippen LogP contribution in [0.2, 0.25) is 0 Å². The van der Waals surface area contributed by atoms with Gasteiger partial charge in [0.05, 0.1) is 7.11 Å². The van der Waals surface area contributed by atoms with E-state index in [2.05, 4.69) is 5.32 Å². The van der Waals surface area contributed by atoms with Gasteiger partial charge in [0.15, 0.2) is 0 Å². The summed E-state index contributed by atoms with van der Waals surface area (Å²) in [6.07, 6.45) is -0.0307. The van der Waals surface area contributed by atoms with Gasteiger partial charge in [-0.2, -0.15) is 0 Å². The first-order valence-corrected chi connectivity index (χ1v) is 7.77. The van der Waals surface area contributed by atoms with E-state index in [9.17, 15) is 4.79 Å². The average Bonchev–Trinajstić information content (AvgIpc) is 2.85. The van der Waals surface area contributed by atoms with Crippen molar-refractivity contribution in [3.63, 3.8) is 0 Å². The van der Waals surface area contributed by atoms with E-state index in [0.717, 1.165) is 16.3 Å². The highest BCUT2D eigenvalue weighted by atomic mass is 19.1. The maximum Gasteiger partial charge on any atom is 0.267 e. The lowest BCUT2D eigenvalue weighted by atomic mass is 9.89.